The van der Waals surface area contributed by atoms with Crippen molar-refractivity contribution in [1.82, 2.24) is 4.67 Å². The van der Waals surface area contributed by atoms with E-state index < -0.39 is 0 Å². The molecule has 0 radical (unpaired) electrons. The van der Waals surface area contributed by atoms with Gasteiger partial charge in [0.15, 0.2) is 0 Å². The summed E-state index contributed by atoms with van der Waals surface area (Å²) >= 11 is 0. The lowest BCUT2D eigenvalue weighted by molar-refractivity contribution is 0.240. The number of methoxy groups -OCH3 is 1. The van der Waals surface area contributed by atoms with Gasteiger partial charge < -0.3 is 4.74 Å². The Morgan fingerprint density at radius 2 is 1.94 bits per heavy atom. The first-order valence-corrected chi connectivity index (χ1v) is 6.93. The molecule has 0 spiro atoms. The number of rotatable bonds is 2. The van der Waals surface area contributed by atoms with Crippen molar-refractivity contribution in [2.75, 3.05) is 20.2 Å². The lowest BCUT2D eigenvalue weighted by atomic mass is 9.80. The lowest BCUT2D eigenvalue weighted by Crippen LogP contribution is -2.35. The minimum Gasteiger partial charge on any atom is -0.497 e. The molecule has 2 bridgehead atoms. The molecule has 17 heavy (non-hydrogen) atoms. The standard InChI is InChI=1S/C14H20NOP/c1-16-13-4-2-3-10(7-13)14-11-5-6-12(14)9-15(17)8-11/h2-4,7,11-12,14H,5-6,8-9,17H2,1H3. The number of hydrogen-bond acceptors (Lipinski definition) is 2. The van der Waals surface area contributed by atoms with E-state index in [1.807, 2.05) is 6.07 Å². The molecule has 3 rings (SSSR count). The van der Waals surface area contributed by atoms with Gasteiger partial charge in [0.2, 0.25) is 0 Å². The zero-order chi connectivity index (χ0) is 11.8. The van der Waals surface area contributed by atoms with Gasteiger partial charge in [-0.05, 0) is 48.3 Å². The van der Waals surface area contributed by atoms with E-state index in [0.29, 0.717) is 0 Å². The monoisotopic (exact) mass is 249 g/mol. The first-order valence-electron chi connectivity index (χ1n) is 6.41. The minimum absolute atomic E-state index is 0.752. The van der Waals surface area contributed by atoms with Crippen LogP contribution in [-0.4, -0.2) is 24.9 Å². The molecule has 1 saturated heterocycles. The predicted octanol–water partition coefficient (Wildman–Crippen LogP) is 2.91. The Balaban J connectivity index is 1.89. The predicted molar refractivity (Wildman–Crippen MR) is 73.2 cm³/mol. The molecule has 0 aromatic heterocycles. The fraction of sp³-hybridized carbons (Fsp3) is 0.571. The van der Waals surface area contributed by atoms with Crippen LogP contribution in [0.2, 0.25) is 0 Å². The van der Waals surface area contributed by atoms with Gasteiger partial charge in [0.05, 0.1) is 7.11 Å². The van der Waals surface area contributed by atoms with Crippen molar-refractivity contribution in [3.63, 3.8) is 0 Å². The zero-order valence-electron chi connectivity index (χ0n) is 10.3. The second-order valence-electron chi connectivity index (χ2n) is 5.35. The number of piperidine rings is 1. The Bertz CT molecular complexity index is 395. The molecule has 3 atom stereocenters. The van der Waals surface area contributed by atoms with Crippen LogP contribution in [0.25, 0.3) is 0 Å². The van der Waals surface area contributed by atoms with Gasteiger partial charge in [0, 0.05) is 13.1 Å². The molecule has 3 unspecified atom stereocenters. The summed E-state index contributed by atoms with van der Waals surface area (Å²) in [5.41, 5.74) is 1.48. The highest BCUT2D eigenvalue weighted by molar-refractivity contribution is 7.13. The summed E-state index contributed by atoms with van der Waals surface area (Å²) in [4.78, 5) is 0. The highest BCUT2D eigenvalue weighted by Gasteiger charge is 2.41. The molecular formula is C14H20NOP. The summed E-state index contributed by atoms with van der Waals surface area (Å²) in [6.07, 6.45) is 2.77. The summed E-state index contributed by atoms with van der Waals surface area (Å²) in [5.74, 6) is 3.41. The van der Waals surface area contributed by atoms with Crippen LogP contribution in [0.5, 0.6) is 5.75 Å². The molecule has 2 fully saturated rings. The number of fused-ring (bicyclic) bond motifs is 2. The van der Waals surface area contributed by atoms with Gasteiger partial charge in [-0.25, -0.2) is 0 Å². The van der Waals surface area contributed by atoms with E-state index >= 15 is 0 Å². The number of hydrogen-bond donors (Lipinski definition) is 0. The lowest BCUT2D eigenvalue weighted by Gasteiger charge is -2.36. The van der Waals surface area contributed by atoms with Crippen LogP contribution in [-0.2, 0) is 0 Å². The van der Waals surface area contributed by atoms with Gasteiger partial charge in [-0.3, -0.25) is 4.67 Å². The van der Waals surface area contributed by atoms with E-state index in [0.717, 1.165) is 23.5 Å². The summed E-state index contributed by atoms with van der Waals surface area (Å²) in [7, 11) is 4.62. The maximum Gasteiger partial charge on any atom is 0.119 e. The second kappa shape index (κ2) is 4.59. The molecule has 0 N–H and O–H groups in total. The van der Waals surface area contributed by atoms with Crippen LogP contribution in [0.3, 0.4) is 0 Å². The van der Waals surface area contributed by atoms with Crippen molar-refractivity contribution >= 4 is 9.39 Å². The molecule has 1 aromatic carbocycles. The molecule has 1 aromatic rings. The van der Waals surface area contributed by atoms with Crippen molar-refractivity contribution in [1.29, 1.82) is 0 Å². The largest absolute Gasteiger partial charge is 0.497 e. The van der Waals surface area contributed by atoms with E-state index in [1.54, 1.807) is 7.11 Å². The van der Waals surface area contributed by atoms with Gasteiger partial charge in [-0.1, -0.05) is 21.5 Å². The van der Waals surface area contributed by atoms with Gasteiger partial charge in [-0.15, -0.1) is 0 Å². The molecule has 1 heterocycles. The first kappa shape index (κ1) is 11.5. The van der Waals surface area contributed by atoms with E-state index in [-0.39, 0.29) is 0 Å². The van der Waals surface area contributed by atoms with Crippen molar-refractivity contribution < 1.29 is 4.74 Å². The average Bonchev–Trinajstić information content (AvgIpc) is 2.62. The van der Waals surface area contributed by atoms with Crippen molar-refractivity contribution in [2.24, 2.45) is 11.8 Å². The average molecular weight is 249 g/mol. The van der Waals surface area contributed by atoms with Crippen LogP contribution in [0.4, 0.5) is 0 Å². The molecule has 1 aliphatic carbocycles. The second-order valence-corrected chi connectivity index (χ2v) is 6.08. The van der Waals surface area contributed by atoms with Gasteiger partial charge >= 0.3 is 0 Å². The Hall–Kier alpha value is -0.590. The highest BCUT2D eigenvalue weighted by atomic mass is 31.0. The van der Waals surface area contributed by atoms with E-state index in [9.17, 15) is 0 Å². The zero-order valence-corrected chi connectivity index (χ0v) is 11.5. The molecule has 3 heteroatoms. The summed E-state index contributed by atoms with van der Waals surface area (Å²) < 4.78 is 7.76. The molecule has 2 nitrogen and oxygen atoms in total. The third-order valence-electron chi connectivity index (χ3n) is 4.34. The summed E-state index contributed by atoms with van der Waals surface area (Å²) in [6.45, 7) is 2.45. The summed E-state index contributed by atoms with van der Waals surface area (Å²) in [6, 6.07) is 8.67. The molecule has 0 amide bonds. The van der Waals surface area contributed by atoms with Crippen LogP contribution in [0.1, 0.15) is 24.3 Å². The third kappa shape index (κ3) is 2.09. The first-order chi connectivity index (χ1) is 8.28. The number of benzene rings is 1. The van der Waals surface area contributed by atoms with Crippen LogP contribution >= 0.6 is 9.39 Å². The fourth-order valence-corrected chi connectivity index (χ4v) is 4.19. The van der Waals surface area contributed by atoms with Crippen molar-refractivity contribution in [3.8, 4) is 5.75 Å². The van der Waals surface area contributed by atoms with Crippen LogP contribution < -0.4 is 4.74 Å². The Kier molecular flexibility index (Phi) is 3.10. The molecule has 92 valence electrons. The molecule has 1 saturated carbocycles. The SMILES string of the molecule is COc1cccc(C2C3CCC2CN(P)C3)c1. The maximum absolute atomic E-state index is 5.34. The van der Waals surface area contributed by atoms with Gasteiger partial charge in [0.1, 0.15) is 5.75 Å². The normalized spacial score (nSPS) is 32.7. The molecule has 2 aliphatic rings. The van der Waals surface area contributed by atoms with Crippen molar-refractivity contribution in [2.45, 2.75) is 18.8 Å². The molecular weight excluding hydrogens is 229 g/mol. The Labute approximate surface area is 106 Å². The highest BCUT2D eigenvalue weighted by Crippen LogP contribution is 2.48. The van der Waals surface area contributed by atoms with E-state index in [4.69, 9.17) is 4.74 Å². The van der Waals surface area contributed by atoms with Gasteiger partial charge in [-0.2, -0.15) is 0 Å². The Morgan fingerprint density at radius 3 is 2.59 bits per heavy atom. The smallest absolute Gasteiger partial charge is 0.119 e. The quantitative estimate of drug-likeness (QED) is 0.747. The maximum atomic E-state index is 5.34. The Morgan fingerprint density at radius 1 is 1.24 bits per heavy atom. The molecule has 1 aliphatic heterocycles. The summed E-state index contributed by atoms with van der Waals surface area (Å²) in [5, 5.41) is 0. The van der Waals surface area contributed by atoms with Gasteiger partial charge in [0.25, 0.3) is 0 Å². The van der Waals surface area contributed by atoms with E-state index in [2.05, 4.69) is 32.3 Å². The van der Waals surface area contributed by atoms with Crippen LogP contribution in [0.15, 0.2) is 24.3 Å². The number of nitrogens with zero attached hydrogens (tertiary/aromatic N) is 1. The van der Waals surface area contributed by atoms with Crippen LogP contribution in [0, 0.1) is 11.8 Å². The van der Waals surface area contributed by atoms with E-state index in [1.165, 1.54) is 31.5 Å². The topological polar surface area (TPSA) is 12.5 Å². The fourth-order valence-electron chi connectivity index (χ4n) is 3.65. The third-order valence-corrected chi connectivity index (χ3v) is 4.76. The number of ether oxygens (including phenoxy) is 1. The van der Waals surface area contributed by atoms with Crippen molar-refractivity contribution in [3.05, 3.63) is 29.8 Å². The minimum atomic E-state index is 0.752.